The van der Waals surface area contributed by atoms with Gasteiger partial charge in [-0.05, 0) is 31.4 Å². The topological polar surface area (TPSA) is 39.4 Å². The zero-order chi connectivity index (χ0) is 19.4. The van der Waals surface area contributed by atoms with E-state index in [1.54, 1.807) is 4.68 Å². The molecule has 5 heteroatoms. The molecule has 1 aliphatic rings. The van der Waals surface area contributed by atoms with Gasteiger partial charge in [0, 0.05) is 32.4 Å². The molecule has 3 rings (SSSR count). The first-order valence-electron chi connectivity index (χ1n) is 10.1. The van der Waals surface area contributed by atoms with Crippen LogP contribution in [0.4, 0.5) is 0 Å². The van der Waals surface area contributed by atoms with Crippen molar-refractivity contribution in [2.24, 2.45) is 13.0 Å². The van der Waals surface area contributed by atoms with Gasteiger partial charge in [-0.3, -0.25) is 14.4 Å². The van der Waals surface area contributed by atoms with Crippen LogP contribution in [-0.4, -0.2) is 40.1 Å². The summed E-state index contributed by atoms with van der Waals surface area (Å²) in [6.45, 7) is 9.83. The number of para-hydroxylation sites is 1. The lowest BCUT2D eigenvalue weighted by Crippen LogP contribution is -2.42. The molecule has 1 atom stereocenters. The summed E-state index contributed by atoms with van der Waals surface area (Å²) in [5.41, 5.74) is 2.92. The predicted octanol–water partition coefficient (Wildman–Crippen LogP) is 3.51. The van der Waals surface area contributed by atoms with Gasteiger partial charge in [0.15, 0.2) is 0 Å². The van der Waals surface area contributed by atoms with E-state index in [-0.39, 0.29) is 11.7 Å². The Balaban J connectivity index is 1.71. The summed E-state index contributed by atoms with van der Waals surface area (Å²) >= 11 is 0. The maximum atomic E-state index is 13.1. The average molecular weight is 372 g/mol. The van der Waals surface area contributed by atoms with Gasteiger partial charge in [-0.1, -0.05) is 44.9 Å². The summed E-state index contributed by atoms with van der Waals surface area (Å²) in [4.78, 5) is 15.5. The van der Waals surface area contributed by atoms with Crippen molar-refractivity contribution in [3.8, 4) is 5.69 Å². The summed E-state index contributed by atoms with van der Waals surface area (Å²) in [5, 5.41) is 0. The van der Waals surface area contributed by atoms with Crippen molar-refractivity contribution in [3.63, 3.8) is 0 Å². The Hall–Kier alpha value is -1.85. The van der Waals surface area contributed by atoms with Crippen molar-refractivity contribution in [3.05, 3.63) is 51.9 Å². The zero-order valence-corrected chi connectivity index (χ0v) is 17.1. The molecule has 0 saturated carbocycles. The Morgan fingerprint density at radius 3 is 2.67 bits per heavy atom. The van der Waals surface area contributed by atoms with E-state index in [1.807, 2.05) is 49.0 Å². The fraction of sp³-hybridized carbons (Fsp3) is 0.591. The highest BCUT2D eigenvalue weighted by atomic mass is 16.5. The summed E-state index contributed by atoms with van der Waals surface area (Å²) in [5.74, 6) is 0.744. The van der Waals surface area contributed by atoms with E-state index >= 15 is 0 Å². The van der Waals surface area contributed by atoms with Crippen LogP contribution >= 0.6 is 0 Å². The first-order chi connectivity index (χ1) is 13.0. The van der Waals surface area contributed by atoms with E-state index in [2.05, 4.69) is 18.7 Å². The second kappa shape index (κ2) is 8.89. The molecular formula is C22H33N3O2. The molecule has 1 aromatic carbocycles. The van der Waals surface area contributed by atoms with Gasteiger partial charge in [-0.25, -0.2) is 4.68 Å². The van der Waals surface area contributed by atoms with Crippen molar-refractivity contribution >= 4 is 0 Å². The molecular weight excluding hydrogens is 338 g/mol. The molecule has 0 amide bonds. The number of morpholine rings is 1. The van der Waals surface area contributed by atoms with Crippen molar-refractivity contribution < 1.29 is 4.74 Å². The third-order valence-electron chi connectivity index (χ3n) is 5.59. The predicted molar refractivity (Wildman–Crippen MR) is 109 cm³/mol. The van der Waals surface area contributed by atoms with Crippen LogP contribution in [0.5, 0.6) is 0 Å². The highest BCUT2D eigenvalue weighted by Gasteiger charge is 2.24. The van der Waals surface area contributed by atoms with Gasteiger partial charge < -0.3 is 4.74 Å². The van der Waals surface area contributed by atoms with Crippen LogP contribution in [0, 0.1) is 12.8 Å². The van der Waals surface area contributed by atoms with Gasteiger partial charge in [0.25, 0.3) is 5.56 Å². The number of rotatable bonds is 7. The number of nitrogens with zero attached hydrogens (tertiary/aromatic N) is 3. The average Bonchev–Trinajstić information content (AvgIpc) is 2.86. The Bertz CT molecular complexity index is 792. The van der Waals surface area contributed by atoms with Crippen LogP contribution in [0.25, 0.3) is 5.69 Å². The van der Waals surface area contributed by atoms with E-state index in [0.29, 0.717) is 6.54 Å². The van der Waals surface area contributed by atoms with Gasteiger partial charge in [-0.15, -0.1) is 0 Å². The maximum absolute atomic E-state index is 13.1. The lowest BCUT2D eigenvalue weighted by molar-refractivity contribution is -0.0361. The first-order valence-corrected chi connectivity index (χ1v) is 10.1. The van der Waals surface area contributed by atoms with Gasteiger partial charge in [-0.2, -0.15) is 0 Å². The van der Waals surface area contributed by atoms with Crippen LogP contribution in [0.3, 0.4) is 0 Å². The Kier molecular flexibility index (Phi) is 6.55. The molecule has 0 bridgehead atoms. The molecule has 0 aliphatic carbocycles. The highest BCUT2D eigenvalue weighted by molar-refractivity contribution is 5.33. The number of ether oxygens (including phenoxy) is 1. The Labute approximate surface area is 162 Å². The van der Waals surface area contributed by atoms with E-state index < -0.39 is 0 Å². The molecule has 148 valence electrons. The smallest absolute Gasteiger partial charge is 0.276 e. The Morgan fingerprint density at radius 1 is 1.22 bits per heavy atom. The molecule has 1 fully saturated rings. The molecule has 0 N–H and O–H groups in total. The summed E-state index contributed by atoms with van der Waals surface area (Å²) in [6, 6.07) is 9.85. The van der Waals surface area contributed by atoms with E-state index in [1.165, 1.54) is 12.8 Å². The summed E-state index contributed by atoms with van der Waals surface area (Å²) in [7, 11) is 1.96. The van der Waals surface area contributed by atoms with Crippen LogP contribution in [-0.2, 0) is 18.3 Å². The fourth-order valence-electron chi connectivity index (χ4n) is 3.88. The Morgan fingerprint density at radius 2 is 1.96 bits per heavy atom. The SMILES string of the molecule is Cc1c(CN2CCO[C@H](CCCC(C)C)C2)c(=O)n(-c2ccccc2)n1C. The lowest BCUT2D eigenvalue weighted by atomic mass is 10.0. The van der Waals surface area contributed by atoms with Crippen molar-refractivity contribution in [1.29, 1.82) is 0 Å². The third-order valence-corrected chi connectivity index (χ3v) is 5.59. The molecule has 1 aromatic heterocycles. The molecule has 0 unspecified atom stereocenters. The summed E-state index contributed by atoms with van der Waals surface area (Å²) < 4.78 is 9.69. The van der Waals surface area contributed by atoms with Crippen LogP contribution < -0.4 is 5.56 Å². The van der Waals surface area contributed by atoms with Gasteiger partial charge in [0.05, 0.1) is 24.0 Å². The maximum Gasteiger partial charge on any atom is 0.276 e. The molecule has 2 aromatic rings. The van der Waals surface area contributed by atoms with Crippen LogP contribution in [0.1, 0.15) is 44.4 Å². The summed E-state index contributed by atoms with van der Waals surface area (Å²) in [6.07, 6.45) is 3.86. The van der Waals surface area contributed by atoms with Crippen molar-refractivity contribution in [2.45, 2.75) is 52.7 Å². The number of hydrogen-bond acceptors (Lipinski definition) is 3. The minimum absolute atomic E-state index is 0.0871. The lowest BCUT2D eigenvalue weighted by Gasteiger charge is -2.32. The largest absolute Gasteiger partial charge is 0.376 e. The highest BCUT2D eigenvalue weighted by Crippen LogP contribution is 2.17. The molecule has 5 nitrogen and oxygen atoms in total. The molecule has 1 saturated heterocycles. The zero-order valence-electron chi connectivity index (χ0n) is 17.1. The number of aromatic nitrogens is 2. The van der Waals surface area contributed by atoms with Gasteiger partial charge >= 0.3 is 0 Å². The number of benzene rings is 1. The number of hydrogen-bond donors (Lipinski definition) is 0. The van der Waals surface area contributed by atoms with E-state index in [9.17, 15) is 4.79 Å². The fourth-order valence-corrected chi connectivity index (χ4v) is 3.88. The standard InChI is InChI=1S/C22H33N3O2/c1-17(2)9-8-12-20-15-24(13-14-27-20)16-21-18(3)23(4)25(22(21)26)19-10-6-5-7-11-19/h5-7,10-11,17,20H,8-9,12-16H2,1-4H3/t20-/m1/s1. The van der Waals surface area contributed by atoms with Crippen molar-refractivity contribution in [1.82, 2.24) is 14.3 Å². The molecule has 0 radical (unpaired) electrons. The second-order valence-corrected chi connectivity index (χ2v) is 8.09. The normalized spacial score (nSPS) is 18.3. The third kappa shape index (κ3) is 4.71. The van der Waals surface area contributed by atoms with Gasteiger partial charge in [0.2, 0.25) is 0 Å². The quantitative estimate of drug-likeness (QED) is 0.748. The minimum Gasteiger partial charge on any atom is -0.376 e. The van der Waals surface area contributed by atoms with E-state index in [0.717, 1.165) is 49.0 Å². The second-order valence-electron chi connectivity index (χ2n) is 8.09. The van der Waals surface area contributed by atoms with Crippen LogP contribution in [0.2, 0.25) is 0 Å². The first kappa shape index (κ1) is 19.9. The minimum atomic E-state index is 0.0871. The van der Waals surface area contributed by atoms with Crippen LogP contribution in [0.15, 0.2) is 35.1 Å². The van der Waals surface area contributed by atoms with E-state index in [4.69, 9.17) is 4.74 Å². The van der Waals surface area contributed by atoms with Gasteiger partial charge in [0.1, 0.15) is 0 Å². The monoisotopic (exact) mass is 371 g/mol. The molecule has 0 spiro atoms. The molecule has 1 aliphatic heterocycles. The van der Waals surface area contributed by atoms with Crippen molar-refractivity contribution in [2.75, 3.05) is 19.7 Å². The molecule has 2 heterocycles. The molecule has 27 heavy (non-hydrogen) atoms.